The van der Waals surface area contributed by atoms with Crippen molar-refractivity contribution >= 4 is 22.8 Å². The molecule has 0 saturated carbocycles. The lowest BCUT2D eigenvalue weighted by Crippen LogP contribution is -2.42. The third-order valence-corrected chi connectivity index (χ3v) is 6.49. The lowest BCUT2D eigenvalue weighted by molar-refractivity contribution is 0.0946. The van der Waals surface area contributed by atoms with E-state index < -0.39 is 41.6 Å². The number of hydrogen-bond donors (Lipinski definition) is 6. The topological polar surface area (TPSA) is 192 Å². The van der Waals surface area contributed by atoms with Crippen LogP contribution >= 0.6 is 22.8 Å². The van der Waals surface area contributed by atoms with Gasteiger partial charge in [0.25, 0.3) is 0 Å². The molecule has 16 heteroatoms. The minimum Gasteiger partial charge on any atom is -0.380 e. The van der Waals surface area contributed by atoms with Gasteiger partial charge in [-0.2, -0.15) is 0 Å². The van der Waals surface area contributed by atoms with Crippen LogP contribution in [0, 0.1) is 0 Å². The maximum absolute atomic E-state index is 11.5. The van der Waals surface area contributed by atoms with Gasteiger partial charge in [0.2, 0.25) is 0 Å². The number of rotatable bonds is 6. The monoisotopic (exact) mass is 483 g/mol. The third-order valence-electron chi connectivity index (χ3n) is 4.18. The molecule has 174 valence electrons. The number of nitrogens with zero attached hydrogens (tertiary/aromatic N) is 3. The molecule has 0 bridgehead atoms. The standard InChI is InChI=1S/C13H32N3O10P3/c17-27(18,19)11-14-3-1-2-9-26-10-8-16(13-29(23,24)25)7-6-15(5-4-14)12-28(20,21)22/h1-13H2,(H2,17,18,19)(H2,20,21,22)(H2,23,24,25). The highest BCUT2D eigenvalue weighted by molar-refractivity contribution is 7.52. The minimum atomic E-state index is -4.39. The summed E-state index contributed by atoms with van der Waals surface area (Å²) in [5.74, 6) is 0. The first-order valence-corrected chi connectivity index (χ1v) is 14.5. The van der Waals surface area contributed by atoms with E-state index in [0.717, 1.165) is 0 Å². The summed E-state index contributed by atoms with van der Waals surface area (Å²) >= 11 is 0. The molecular weight excluding hydrogens is 451 g/mol. The Morgan fingerprint density at radius 2 is 0.931 bits per heavy atom. The van der Waals surface area contributed by atoms with E-state index in [2.05, 4.69) is 0 Å². The Balaban J connectivity index is 2.87. The second-order valence-corrected chi connectivity index (χ2v) is 11.9. The van der Waals surface area contributed by atoms with Crippen LogP contribution in [-0.4, -0.2) is 115 Å². The zero-order valence-electron chi connectivity index (χ0n) is 16.2. The van der Waals surface area contributed by atoms with Crippen molar-refractivity contribution in [1.29, 1.82) is 0 Å². The van der Waals surface area contributed by atoms with E-state index in [0.29, 0.717) is 26.0 Å². The van der Waals surface area contributed by atoms with E-state index in [1.54, 1.807) is 4.90 Å². The molecule has 0 aromatic heterocycles. The van der Waals surface area contributed by atoms with Crippen molar-refractivity contribution in [3.63, 3.8) is 0 Å². The summed E-state index contributed by atoms with van der Waals surface area (Å²) in [7, 11) is -13.0. The van der Waals surface area contributed by atoms with Gasteiger partial charge in [0.05, 0.1) is 6.61 Å². The van der Waals surface area contributed by atoms with E-state index >= 15 is 0 Å². The average molecular weight is 483 g/mol. The molecule has 1 fully saturated rings. The summed E-state index contributed by atoms with van der Waals surface area (Å²) in [6.07, 6.45) is -0.254. The SMILES string of the molecule is O=P(O)(O)CN1CCCCOCCN(CP(=O)(O)O)CCN(CP(=O)(O)O)CC1. The Kier molecular flexibility index (Phi) is 11.6. The van der Waals surface area contributed by atoms with E-state index in [9.17, 15) is 43.1 Å². The fourth-order valence-corrected chi connectivity index (χ4v) is 5.35. The van der Waals surface area contributed by atoms with E-state index in [4.69, 9.17) is 4.74 Å². The molecule has 1 saturated heterocycles. The van der Waals surface area contributed by atoms with E-state index in [1.165, 1.54) is 9.80 Å². The number of ether oxygens (including phenoxy) is 1. The Hall–Kier alpha value is 0.290. The molecule has 0 aromatic rings. The predicted molar refractivity (Wildman–Crippen MR) is 106 cm³/mol. The molecule has 0 radical (unpaired) electrons. The first-order valence-electron chi connectivity index (χ1n) is 9.12. The largest absolute Gasteiger partial charge is 0.380 e. The molecule has 0 unspecified atom stereocenters. The lowest BCUT2D eigenvalue weighted by Gasteiger charge is -2.30. The molecule has 0 aliphatic carbocycles. The summed E-state index contributed by atoms with van der Waals surface area (Å²) < 4.78 is 39.6. The highest BCUT2D eigenvalue weighted by Gasteiger charge is 2.25. The summed E-state index contributed by atoms with van der Waals surface area (Å²) in [6, 6.07) is 0. The fourth-order valence-electron chi connectivity index (χ4n) is 2.94. The first-order chi connectivity index (χ1) is 13.2. The van der Waals surface area contributed by atoms with Crippen LogP contribution in [0.2, 0.25) is 0 Å². The maximum atomic E-state index is 11.5. The average Bonchev–Trinajstić information content (AvgIpc) is 2.51. The van der Waals surface area contributed by atoms with Gasteiger partial charge in [-0.25, -0.2) is 0 Å². The normalized spacial score (nSPS) is 21.7. The second kappa shape index (κ2) is 12.4. The highest BCUT2D eigenvalue weighted by atomic mass is 31.2. The maximum Gasteiger partial charge on any atom is 0.339 e. The molecular formula is C13H32N3O10P3. The van der Waals surface area contributed by atoms with Gasteiger partial charge in [0.1, 0.15) is 18.9 Å². The molecule has 0 amide bonds. The minimum absolute atomic E-state index is 0.120. The second-order valence-electron chi connectivity index (χ2n) is 7.09. The quantitative estimate of drug-likeness (QED) is 0.255. The van der Waals surface area contributed by atoms with Crippen molar-refractivity contribution in [3.8, 4) is 0 Å². The fraction of sp³-hybridized carbons (Fsp3) is 1.00. The van der Waals surface area contributed by atoms with E-state index in [1.807, 2.05) is 0 Å². The van der Waals surface area contributed by atoms with Crippen molar-refractivity contribution < 1.29 is 47.8 Å². The lowest BCUT2D eigenvalue weighted by atomic mass is 10.3. The summed E-state index contributed by atoms with van der Waals surface area (Å²) in [6.45, 7) is 1.92. The van der Waals surface area contributed by atoms with Crippen molar-refractivity contribution in [1.82, 2.24) is 14.7 Å². The third kappa shape index (κ3) is 15.7. The smallest absolute Gasteiger partial charge is 0.339 e. The van der Waals surface area contributed by atoms with Gasteiger partial charge in [-0.15, -0.1) is 0 Å². The molecule has 1 aliphatic heterocycles. The Bertz CT molecular complexity index is 581. The van der Waals surface area contributed by atoms with Gasteiger partial charge >= 0.3 is 22.8 Å². The summed E-state index contributed by atoms with van der Waals surface area (Å²) in [4.78, 5) is 60.1. The highest BCUT2D eigenvalue weighted by Crippen LogP contribution is 2.37. The van der Waals surface area contributed by atoms with Gasteiger partial charge in [0, 0.05) is 39.3 Å². The van der Waals surface area contributed by atoms with Crippen molar-refractivity contribution in [2.45, 2.75) is 12.8 Å². The van der Waals surface area contributed by atoms with Gasteiger partial charge in [-0.05, 0) is 19.4 Å². The molecule has 29 heavy (non-hydrogen) atoms. The van der Waals surface area contributed by atoms with Crippen LogP contribution in [0.3, 0.4) is 0 Å². The Labute approximate surface area is 170 Å². The van der Waals surface area contributed by atoms with Gasteiger partial charge in [0.15, 0.2) is 0 Å². The molecule has 1 aliphatic rings. The van der Waals surface area contributed by atoms with Crippen molar-refractivity contribution in [2.24, 2.45) is 0 Å². The molecule has 1 rings (SSSR count). The zero-order chi connectivity index (χ0) is 22.1. The molecule has 1 heterocycles. The van der Waals surface area contributed by atoms with Crippen LogP contribution in [0.5, 0.6) is 0 Å². The van der Waals surface area contributed by atoms with Crippen LogP contribution in [0.15, 0.2) is 0 Å². The Morgan fingerprint density at radius 3 is 1.34 bits per heavy atom. The van der Waals surface area contributed by atoms with E-state index in [-0.39, 0.29) is 39.3 Å². The molecule has 0 spiro atoms. The molecule has 0 atom stereocenters. The molecule has 0 aromatic carbocycles. The molecule has 6 N–H and O–H groups in total. The summed E-state index contributed by atoms with van der Waals surface area (Å²) in [5.41, 5.74) is 0. The zero-order valence-corrected chi connectivity index (χ0v) is 18.9. The Morgan fingerprint density at radius 1 is 0.552 bits per heavy atom. The van der Waals surface area contributed by atoms with Crippen molar-refractivity contribution in [2.75, 3.05) is 71.3 Å². The van der Waals surface area contributed by atoms with Gasteiger partial charge in [-0.3, -0.25) is 28.4 Å². The van der Waals surface area contributed by atoms with Crippen LogP contribution in [0.1, 0.15) is 12.8 Å². The van der Waals surface area contributed by atoms with Crippen LogP contribution < -0.4 is 0 Å². The summed E-state index contributed by atoms with van der Waals surface area (Å²) in [5, 5.41) is 0. The van der Waals surface area contributed by atoms with Gasteiger partial charge < -0.3 is 34.1 Å². The first kappa shape index (κ1) is 27.3. The van der Waals surface area contributed by atoms with Gasteiger partial charge in [-0.1, -0.05) is 0 Å². The molecule has 13 nitrogen and oxygen atoms in total. The van der Waals surface area contributed by atoms with Crippen LogP contribution in [0.4, 0.5) is 0 Å². The van der Waals surface area contributed by atoms with Crippen molar-refractivity contribution in [3.05, 3.63) is 0 Å². The number of hydrogen-bond acceptors (Lipinski definition) is 7. The predicted octanol–water partition coefficient (Wildman–Crippen LogP) is -0.892. The van der Waals surface area contributed by atoms with Crippen LogP contribution in [0.25, 0.3) is 0 Å². The van der Waals surface area contributed by atoms with Crippen LogP contribution in [-0.2, 0) is 18.4 Å².